The van der Waals surface area contributed by atoms with Crippen molar-refractivity contribution in [3.8, 4) is 56.7 Å². The summed E-state index contributed by atoms with van der Waals surface area (Å²) in [7, 11) is 0. The molecule has 0 N–H and O–H groups in total. The summed E-state index contributed by atoms with van der Waals surface area (Å²) in [5.74, 6) is 1.93. The lowest BCUT2D eigenvalue weighted by Crippen LogP contribution is -2.00. The Morgan fingerprint density at radius 3 is 1.62 bits per heavy atom. The van der Waals surface area contributed by atoms with Crippen LogP contribution in [0, 0.1) is 0 Å². The molecule has 0 atom stereocenters. The van der Waals surface area contributed by atoms with Gasteiger partial charge in [0, 0.05) is 38.5 Å². The van der Waals surface area contributed by atoms with Crippen molar-refractivity contribution < 1.29 is 0 Å². The predicted molar refractivity (Wildman–Crippen MR) is 211 cm³/mol. The molecule has 0 saturated carbocycles. The highest BCUT2D eigenvalue weighted by Gasteiger charge is 2.17. The van der Waals surface area contributed by atoms with E-state index >= 15 is 0 Å². The van der Waals surface area contributed by atoms with Crippen molar-refractivity contribution in [2.75, 3.05) is 0 Å². The van der Waals surface area contributed by atoms with Crippen molar-refractivity contribution in [1.29, 1.82) is 0 Å². The van der Waals surface area contributed by atoms with Crippen LogP contribution < -0.4 is 0 Å². The van der Waals surface area contributed by atoms with E-state index in [4.69, 9.17) is 20.1 Å². The third kappa shape index (κ3) is 5.13. The topological polar surface area (TPSA) is 61.4 Å². The van der Waals surface area contributed by atoms with Gasteiger partial charge >= 0.3 is 0 Å². The summed E-state index contributed by atoms with van der Waals surface area (Å²) in [4.78, 5) is 14.8. The fourth-order valence-electron chi connectivity index (χ4n) is 7.12. The molecule has 0 amide bonds. The normalized spacial score (nSPS) is 11.5. The van der Waals surface area contributed by atoms with E-state index in [1.807, 2.05) is 89.7 Å². The predicted octanol–water partition coefficient (Wildman–Crippen LogP) is 11.0. The van der Waals surface area contributed by atoms with Crippen molar-refractivity contribution in [3.63, 3.8) is 0 Å². The van der Waals surface area contributed by atoms with Crippen molar-refractivity contribution in [1.82, 2.24) is 29.3 Å². The first-order chi connectivity index (χ1) is 25.8. The summed E-state index contributed by atoms with van der Waals surface area (Å²) in [5, 5.41) is 8.29. The Labute approximate surface area is 300 Å². The molecule has 3 aromatic heterocycles. The van der Waals surface area contributed by atoms with Gasteiger partial charge in [-0.25, -0.2) is 19.6 Å². The van der Waals surface area contributed by atoms with E-state index in [1.165, 1.54) is 10.8 Å². The van der Waals surface area contributed by atoms with Crippen LogP contribution in [-0.2, 0) is 0 Å². The maximum Gasteiger partial charge on any atom is 0.164 e. The zero-order chi connectivity index (χ0) is 34.4. The highest BCUT2D eigenvalue weighted by molar-refractivity contribution is 6.13. The van der Waals surface area contributed by atoms with E-state index < -0.39 is 0 Å². The lowest BCUT2D eigenvalue weighted by Gasteiger charge is -2.11. The number of nitrogens with zero attached hydrogens (tertiary/aromatic N) is 6. The summed E-state index contributed by atoms with van der Waals surface area (Å²) in [5.41, 5.74) is 10.5. The first-order valence-corrected chi connectivity index (χ1v) is 17.3. The summed E-state index contributed by atoms with van der Waals surface area (Å²) < 4.78 is 4.37. The number of benzene rings is 7. The molecule has 0 fully saturated rings. The van der Waals surface area contributed by atoms with Crippen molar-refractivity contribution in [3.05, 3.63) is 182 Å². The molecule has 6 heteroatoms. The lowest BCUT2D eigenvalue weighted by molar-refractivity contribution is 0.911. The van der Waals surface area contributed by atoms with Gasteiger partial charge in [-0.3, -0.25) is 0 Å². The molecule has 0 spiro atoms. The monoisotopic (exact) mass is 666 g/mol. The van der Waals surface area contributed by atoms with Crippen molar-refractivity contribution in [2.24, 2.45) is 0 Å². The van der Waals surface area contributed by atoms with Crippen LogP contribution in [0.5, 0.6) is 0 Å². The van der Waals surface area contributed by atoms with Crippen LogP contribution in [0.3, 0.4) is 0 Å². The van der Waals surface area contributed by atoms with Gasteiger partial charge in [0.15, 0.2) is 17.5 Å². The smallest absolute Gasteiger partial charge is 0.164 e. The average Bonchev–Trinajstić information content (AvgIpc) is 3.79. The Hall–Kier alpha value is -7.18. The first-order valence-electron chi connectivity index (χ1n) is 17.3. The lowest BCUT2D eigenvalue weighted by atomic mass is 10.0. The zero-order valence-corrected chi connectivity index (χ0v) is 28.0. The van der Waals surface area contributed by atoms with Crippen LogP contribution in [0.25, 0.3) is 89.4 Å². The Kier molecular flexibility index (Phi) is 7.03. The third-order valence-corrected chi connectivity index (χ3v) is 9.64. The first kappa shape index (κ1) is 29.7. The summed E-state index contributed by atoms with van der Waals surface area (Å²) in [6.45, 7) is 0. The summed E-state index contributed by atoms with van der Waals surface area (Å²) in [6, 6.07) is 60.8. The molecule has 0 aliphatic carbocycles. The number of hydrogen-bond donors (Lipinski definition) is 0. The molecular weight excluding hydrogens is 637 g/mol. The fraction of sp³-hybridized carbons (Fsp3) is 0. The SMILES string of the molecule is c1ccc(-c2nc(-c3ccccc3)nc(-c3cccc(-c4ccc(-n5c6ccccc6c6cc7cnn(-c8ccccc8)c7cc65)cc4)c3)n2)cc1. The van der Waals surface area contributed by atoms with Crippen LogP contribution >= 0.6 is 0 Å². The van der Waals surface area contributed by atoms with Crippen LogP contribution in [0.2, 0.25) is 0 Å². The molecular formula is C46H30N6. The highest BCUT2D eigenvalue weighted by atomic mass is 15.3. The van der Waals surface area contributed by atoms with Gasteiger partial charge in [-0.1, -0.05) is 127 Å². The minimum Gasteiger partial charge on any atom is -0.309 e. The van der Waals surface area contributed by atoms with E-state index in [0.717, 1.165) is 61.1 Å². The molecule has 0 aliphatic heterocycles. The van der Waals surface area contributed by atoms with Crippen LogP contribution in [0.1, 0.15) is 0 Å². The maximum absolute atomic E-state index is 4.95. The second-order valence-electron chi connectivity index (χ2n) is 12.8. The molecule has 244 valence electrons. The number of para-hydroxylation sites is 2. The molecule has 0 bridgehead atoms. The van der Waals surface area contributed by atoms with Gasteiger partial charge < -0.3 is 4.57 Å². The Bertz CT molecular complexity index is 2820. The van der Waals surface area contributed by atoms with E-state index in [-0.39, 0.29) is 0 Å². The highest BCUT2D eigenvalue weighted by Crippen LogP contribution is 2.36. The largest absolute Gasteiger partial charge is 0.309 e. The van der Waals surface area contributed by atoms with Gasteiger partial charge in [0.1, 0.15) is 0 Å². The number of aromatic nitrogens is 6. The summed E-state index contributed by atoms with van der Waals surface area (Å²) in [6.07, 6.45) is 1.96. The minimum absolute atomic E-state index is 0.637. The Balaban J connectivity index is 1.06. The van der Waals surface area contributed by atoms with Gasteiger partial charge in [-0.2, -0.15) is 5.10 Å². The molecule has 52 heavy (non-hydrogen) atoms. The maximum atomic E-state index is 4.95. The van der Waals surface area contributed by atoms with Gasteiger partial charge in [0.25, 0.3) is 0 Å². The molecule has 7 aromatic carbocycles. The van der Waals surface area contributed by atoms with Crippen LogP contribution in [0.4, 0.5) is 0 Å². The standard InChI is InChI=1S/C46H30N6/c1-4-13-32(14-5-1)44-48-45(33-15-6-2-7-16-33)50-46(49-44)35-18-12-17-34(27-35)31-23-25-37(26-24-31)51-41-22-11-10-21-39(41)40-28-36-30-47-52(42(36)29-43(40)51)38-19-8-3-9-20-38/h1-30H. The van der Waals surface area contributed by atoms with E-state index in [9.17, 15) is 0 Å². The van der Waals surface area contributed by atoms with E-state index in [0.29, 0.717) is 17.5 Å². The molecule has 6 nitrogen and oxygen atoms in total. The van der Waals surface area contributed by atoms with Gasteiger partial charge in [0.2, 0.25) is 0 Å². The molecule has 0 unspecified atom stereocenters. The average molecular weight is 667 g/mol. The molecule has 10 aromatic rings. The number of fused-ring (bicyclic) bond motifs is 4. The van der Waals surface area contributed by atoms with E-state index in [2.05, 4.69) is 102 Å². The second-order valence-corrected chi connectivity index (χ2v) is 12.8. The molecule has 0 saturated heterocycles. The third-order valence-electron chi connectivity index (χ3n) is 9.64. The summed E-state index contributed by atoms with van der Waals surface area (Å²) >= 11 is 0. The number of hydrogen-bond acceptors (Lipinski definition) is 4. The van der Waals surface area contributed by atoms with Crippen molar-refractivity contribution in [2.45, 2.75) is 0 Å². The van der Waals surface area contributed by atoms with Crippen molar-refractivity contribution >= 4 is 32.7 Å². The van der Waals surface area contributed by atoms with Gasteiger partial charge in [0.05, 0.1) is 28.4 Å². The number of rotatable bonds is 6. The minimum atomic E-state index is 0.637. The fourth-order valence-corrected chi connectivity index (χ4v) is 7.12. The molecule has 3 heterocycles. The quantitative estimate of drug-likeness (QED) is 0.177. The van der Waals surface area contributed by atoms with Gasteiger partial charge in [-0.05, 0) is 59.7 Å². The zero-order valence-electron chi connectivity index (χ0n) is 28.0. The molecule has 10 rings (SSSR count). The van der Waals surface area contributed by atoms with E-state index in [1.54, 1.807) is 0 Å². The van der Waals surface area contributed by atoms with Crippen LogP contribution in [-0.4, -0.2) is 29.3 Å². The Morgan fingerprint density at radius 2 is 0.923 bits per heavy atom. The second kappa shape index (κ2) is 12.3. The van der Waals surface area contributed by atoms with Crippen LogP contribution in [0.15, 0.2) is 182 Å². The molecule has 0 aliphatic rings. The van der Waals surface area contributed by atoms with Gasteiger partial charge in [-0.15, -0.1) is 0 Å². The Morgan fingerprint density at radius 1 is 0.346 bits per heavy atom. The molecule has 0 radical (unpaired) electrons.